The summed E-state index contributed by atoms with van der Waals surface area (Å²) in [5, 5.41) is 13.4. The van der Waals surface area contributed by atoms with Crippen LogP contribution in [0.1, 0.15) is 32.1 Å². The molecule has 1 aromatic heterocycles. The van der Waals surface area contributed by atoms with Crippen LogP contribution in [0.25, 0.3) is 0 Å². The molecule has 0 amide bonds. The number of guanidine groups is 1. The molecular weight excluding hydrogens is 409 g/mol. The Hall–Kier alpha value is -0.800. The molecule has 2 atom stereocenters. The lowest BCUT2D eigenvalue weighted by Crippen LogP contribution is -2.40. The van der Waals surface area contributed by atoms with Crippen molar-refractivity contribution in [1.82, 2.24) is 10.2 Å². The fraction of sp³-hybridized carbons (Fsp3) is 0.688. The Bertz CT molecular complexity index is 453. The summed E-state index contributed by atoms with van der Waals surface area (Å²) in [5.41, 5.74) is 0. The zero-order valence-corrected chi connectivity index (χ0v) is 16.2. The van der Waals surface area contributed by atoms with E-state index in [1.165, 1.54) is 0 Å². The van der Waals surface area contributed by atoms with Gasteiger partial charge in [-0.1, -0.05) is 0 Å². The number of hydrogen-bond donors (Lipinski definition) is 2. The van der Waals surface area contributed by atoms with E-state index in [9.17, 15) is 5.11 Å². The summed E-state index contributed by atoms with van der Waals surface area (Å²) in [6.07, 6.45) is 1.97. The van der Waals surface area contributed by atoms with Crippen molar-refractivity contribution in [1.29, 1.82) is 0 Å². The minimum absolute atomic E-state index is 0. The molecule has 1 aromatic rings. The minimum atomic E-state index is -0.703. The van der Waals surface area contributed by atoms with Crippen LogP contribution in [0.2, 0.25) is 0 Å². The lowest BCUT2D eigenvalue weighted by Gasteiger charge is -2.22. The third kappa shape index (κ3) is 6.31. The number of nitrogens with zero attached hydrogens (tertiary/aromatic N) is 2. The predicted octanol–water partition coefficient (Wildman–Crippen LogP) is 2.25. The van der Waals surface area contributed by atoms with Crippen molar-refractivity contribution >= 4 is 29.9 Å². The molecule has 2 heterocycles. The lowest BCUT2D eigenvalue weighted by molar-refractivity contribution is 0.114. The quantitative estimate of drug-likeness (QED) is 0.389. The Morgan fingerprint density at radius 2 is 2.39 bits per heavy atom. The predicted molar refractivity (Wildman–Crippen MR) is 101 cm³/mol. The first-order valence-electron chi connectivity index (χ1n) is 8.07. The van der Waals surface area contributed by atoms with Crippen LogP contribution in [0.5, 0.6) is 0 Å². The second-order valence-electron chi connectivity index (χ2n) is 5.49. The molecule has 6 nitrogen and oxygen atoms in total. The van der Waals surface area contributed by atoms with Crippen LogP contribution in [-0.4, -0.2) is 55.4 Å². The third-order valence-corrected chi connectivity index (χ3v) is 3.76. The highest BCUT2D eigenvalue weighted by atomic mass is 127. The van der Waals surface area contributed by atoms with Gasteiger partial charge in [0.2, 0.25) is 0 Å². The summed E-state index contributed by atoms with van der Waals surface area (Å²) >= 11 is 0. The summed E-state index contributed by atoms with van der Waals surface area (Å²) in [6, 6.07) is 3.54. The number of halogens is 1. The van der Waals surface area contributed by atoms with E-state index in [2.05, 4.69) is 15.2 Å². The number of ether oxygens (including phenoxy) is 1. The van der Waals surface area contributed by atoms with Crippen LogP contribution in [0.3, 0.4) is 0 Å². The number of hydrogen-bond acceptors (Lipinski definition) is 4. The zero-order chi connectivity index (χ0) is 15.8. The standard InChI is InChI=1S/C16H27N3O3.HI/c1-3-17-16(18-10-14(20)15-6-5-9-22-15)19-8-7-13(11-19)12-21-4-2;/h5-6,9,13-14,20H,3-4,7-8,10-12H2,1-2H3,(H,17,18);1H. The highest BCUT2D eigenvalue weighted by molar-refractivity contribution is 14.0. The molecule has 1 fully saturated rings. The van der Waals surface area contributed by atoms with E-state index in [-0.39, 0.29) is 24.0 Å². The average molecular weight is 437 g/mol. The third-order valence-electron chi connectivity index (χ3n) is 3.76. The number of aliphatic imine (C=N–C) groups is 1. The smallest absolute Gasteiger partial charge is 0.194 e. The molecule has 2 N–H and O–H groups in total. The minimum Gasteiger partial charge on any atom is -0.467 e. The van der Waals surface area contributed by atoms with Crippen molar-refractivity contribution in [2.75, 3.05) is 39.4 Å². The van der Waals surface area contributed by atoms with Gasteiger partial charge in [-0.05, 0) is 32.4 Å². The lowest BCUT2D eigenvalue weighted by atomic mass is 10.1. The van der Waals surface area contributed by atoms with Crippen LogP contribution >= 0.6 is 24.0 Å². The van der Waals surface area contributed by atoms with Crippen LogP contribution in [-0.2, 0) is 4.74 Å². The van der Waals surface area contributed by atoms with Crippen molar-refractivity contribution in [2.24, 2.45) is 10.9 Å². The maximum absolute atomic E-state index is 10.1. The van der Waals surface area contributed by atoms with Gasteiger partial charge in [0.25, 0.3) is 0 Å². The van der Waals surface area contributed by atoms with Gasteiger partial charge >= 0.3 is 0 Å². The Morgan fingerprint density at radius 3 is 3.04 bits per heavy atom. The molecule has 7 heteroatoms. The highest BCUT2D eigenvalue weighted by Gasteiger charge is 2.25. The number of aliphatic hydroxyl groups is 1. The molecule has 0 aliphatic carbocycles. The van der Waals surface area contributed by atoms with Crippen molar-refractivity contribution in [3.8, 4) is 0 Å². The Labute approximate surface area is 155 Å². The number of aliphatic hydroxyl groups excluding tert-OH is 1. The topological polar surface area (TPSA) is 70.2 Å². The van der Waals surface area contributed by atoms with Gasteiger partial charge in [-0.25, -0.2) is 4.99 Å². The zero-order valence-electron chi connectivity index (χ0n) is 13.9. The molecule has 132 valence electrons. The van der Waals surface area contributed by atoms with E-state index in [0.29, 0.717) is 18.2 Å². The number of rotatable bonds is 7. The SMILES string of the molecule is CCNC(=NCC(O)c1ccco1)N1CCC(COCC)C1.I. The molecule has 2 rings (SSSR count). The first-order chi connectivity index (χ1) is 10.7. The molecule has 23 heavy (non-hydrogen) atoms. The summed E-state index contributed by atoms with van der Waals surface area (Å²) in [6.45, 7) is 8.66. The Kier molecular flexibility index (Phi) is 9.57. The molecule has 0 bridgehead atoms. The number of nitrogens with one attached hydrogen (secondary N) is 1. The van der Waals surface area contributed by atoms with Gasteiger partial charge in [0.15, 0.2) is 5.96 Å². The molecule has 0 aromatic carbocycles. The molecule has 0 radical (unpaired) electrons. The first kappa shape index (κ1) is 20.2. The van der Waals surface area contributed by atoms with Gasteiger partial charge in [0, 0.05) is 32.2 Å². The van der Waals surface area contributed by atoms with E-state index >= 15 is 0 Å². The normalized spacial score (nSPS) is 19.5. The molecular formula is C16H28IN3O3. The van der Waals surface area contributed by atoms with Crippen LogP contribution in [0.4, 0.5) is 0 Å². The van der Waals surface area contributed by atoms with Gasteiger partial charge < -0.3 is 24.5 Å². The van der Waals surface area contributed by atoms with Gasteiger partial charge in [-0.2, -0.15) is 0 Å². The Morgan fingerprint density at radius 1 is 1.57 bits per heavy atom. The van der Waals surface area contributed by atoms with Crippen molar-refractivity contribution in [2.45, 2.75) is 26.4 Å². The molecule has 0 spiro atoms. The summed E-state index contributed by atoms with van der Waals surface area (Å²) in [4.78, 5) is 6.78. The molecule has 1 saturated heterocycles. The molecule has 2 unspecified atom stereocenters. The summed E-state index contributed by atoms with van der Waals surface area (Å²) in [5.74, 6) is 1.96. The summed E-state index contributed by atoms with van der Waals surface area (Å²) < 4.78 is 10.7. The fourth-order valence-corrected chi connectivity index (χ4v) is 2.62. The fourth-order valence-electron chi connectivity index (χ4n) is 2.62. The maximum Gasteiger partial charge on any atom is 0.194 e. The second kappa shape index (κ2) is 10.9. The largest absolute Gasteiger partial charge is 0.467 e. The molecule has 1 aliphatic heterocycles. The first-order valence-corrected chi connectivity index (χ1v) is 8.07. The van der Waals surface area contributed by atoms with Crippen LogP contribution < -0.4 is 5.32 Å². The number of furan rings is 1. The van der Waals surface area contributed by atoms with Crippen LogP contribution in [0, 0.1) is 5.92 Å². The molecule has 0 saturated carbocycles. The maximum atomic E-state index is 10.1. The van der Waals surface area contributed by atoms with Crippen molar-refractivity contribution in [3.05, 3.63) is 24.2 Å². The van der Waals surface area contributed by atoms with Gasteiger partial charge in [-0.15, -0.1) is 24.0 Å². The van der Waals surface area contributed by atoms with Gasteiger partial charge in [-0.3, -0.25) is 0 Å². The van der Waals surface area contributed by atoms with Gasteiger partial charge in [0.05, 0.1) is 19.4 Å². The average Bonchev–Trinajstić information content (AvgIpc) is 3.20. The van der Waals surface area contributed by atoms with E-state index in [1.54, 1.807) is 18.4 Å². The van der Waals surface area contributed by atoms with E-state index in [4.69, 9.17) is 9.15 Å². The van der Waals surface area contributed by atoms with E-state index < -0.39 is 6.10 Å². The van der Waals surface area contributed by atoms with Crippen molar-refractivity contribution in [3.63, 3.8) is 0 Å². The van der Waals surface area contributed by atoms with Gasteiger partial charge in [0.1, 0.15) is 11.9 Å². The van der Waals surface area contributed by atoms with E-state index in [0.717, 1.165) is 45.2 Å². The monoisotopic (exact) mass is 437 g/mol. The number of likely N-dealkylation sites (tertiary alicyclic amines) is 1. The van der Waals surface area contributed by atoms with Crippen LogP contribution in [0.15, 0.2) is 27.8 Å². The van der Waals surface area contributed by atoms with E-state index in [1.807, 2.05) is 13.8 Å². The summed E-state index contributed by atoms with van der Waals surface area (Å²) in [7, 11) is 0. The Balaban J connectivity index is 0.00000264. The highest BCUT2D eigenvalue weighted by Crippen LogP contribution is 2.18. The van der Waals surface area contributed by atoms with Crippen molar-refractivity contribution < 1.29 is 14.3 Å². The second-order valence-corrected chi connectivity index (χ2v) is 5.49. The molecule has 1 aliphatic rings.